The van der Waals surface area contributed by atoms with Gasteiger partial charge in [-0.2, -0.15) is 4.98 Å². The average molecular weight is 461 g/mol. The first-order chi connectivity index (χ1) is 16.4. The number of piperazine rings is 1. The lowest BCUT2D eigenvalue weighted by Gasteiger charge is -2.35. The minimum Gasteiger partial charge on any atom is -0.412 e. The average Bonchev–Trinajstić information content (AvgIpc) is 3.14. The van der Waals surface area contributed by atoms with Crippen LogP contribution < -0.4 is 14.5 Å². The van der Waals surface area contributed by atoms with Gasteiger partial charge in [0.05, 0.1) is 10.3 Å². The van der Waals surface area contributed by atoms with E-state index in [9.17, 15) is 10.1 Å². The lowest BCUT2D eigenvalue weighted by molar-refractivity contribution is -0.385. The van der Waals surface area contributed by atoms with Crippen molar-refractivity contribution in [3.05, 3.63) is 58.2 Å². The van der Waals surface area contributed by atoms with Crippen LogP contribution in [-0.2, 0) is 7.05 Å². The van der Waals surface area contributed by atoms with E-state index in [-0.39, 0.29) is 23.3 Å². The van der Waals surface area contributed by atoms with Crippen molar-refractivity contribution >= 4 is 28.4 Å². The van der Waals surface area contributed by atoms with Crippen molar-refractivity contribution in [2.24, 2.45) is 7.05 Å². The second-order valence-electron chi connectivity index (χ2n) is 8.08. The number of aryl methyl sites for hydroxylation is 3. The van der Waals surface area contributed by atoms with Crippen LogP contribution >= 0.6 is 0 Å². The van der Waals surface area contributed by atoms with Gasteiger partial charge in [-0.15, -0.1) is 5.10 Å². The minimum atomic E-state index is -0.504. The second kappa shape index (κ2) is 8.54. The summed E-state index contributed by atoms with van der Waals surface area (Å²) in [5.41, 5.74) is 2.10. The molecule has 0 amide bonds. The molecule has 12 heteroatoms. The number of aromatic nitrogens is 6. The fourth-order valence-electron chi connectivity index (χ4n) is 4.22. The Morgan fingerprint density at radius 2 is 1.79 bits per heavy atom. The number of hydrogen-bond donors (Lipinski definition) is 0. The van der Waals surface area contributed by atoms with Crippen LogP contribution in [0, 0.1) is 24.0 Å². The summed E-state index contributed by atoms with van der Waals surface area (Å²) in [6.07, 6.45) is 3.03. The highest BCUT2D eigenvalue weighted by molar-refractivity contribution is 5.85. The van der Waals surface area contributed by atoms with Gasteiger partial charge >= 0.3 is 11.6 Å². The Kier molecular flexibility index (Phi) is 5.40. The smallest absolute Gasteiger partial charge is 0.373 e. The van der Waals surface area contributed by atoms with Gasteiger partial charge in [0, 0.05) is 45.1 Å². The Hall–Kier alpha value is -4.35. The molecule has 4 aromatic heterocycles. The molecule has 1 aliphatic rings. The van der Waals surface area contributed by atoms with Gasteiger partial charge in [-0.05, 0) is 37.6 Å². The van der Waals surface area contributed by atoms with Gasteiger partial charge in [-0.25, -0.2) is 19.6 Å². The molecule has 0 N–H and O–H groups in total. The minimum absolute atomic E-state index is 0.151. The second-order valence-corrected chi connectivity index (χ2v) is 8.08. The summed E-state index contributed by atoms with van der Waals surface area (Å²) in [4.78, 5) is 32.8. The first-order valence-corrected chi connectivity index (χ1v) is 10.8. The van der Waals surface area contributed by atoms with E-state index in [1.807, 2.05) is 43.0 Å². The highest BCUT2D eigenvalue weighted by atomic mass is 16.6. The number of nitrogens with zero attached hydrogens (tertiary/aromatic N) is 9. The van der Waals surface area contributed by atoms with Gasteiger partial charge in [0.1, 0.15) is 12.1 Å². The highest BCUT2D eigenvalue weighted by Gasteiger charge is 2.32. The maximum absolute atomic E-state index is 12.1. The number of anilines is 2. The number of nitro groups is 1. The molecule has 0 aromatic carbocycles. The van der Waals surface area contributed by atoms with Crippen LogP contribution in [0.1, 0.15) is 11.3 Å². The molecule has 12 nitrogen and oxygen atoms in total. The molecule has 0 radical (unpaired) electrons. The summed E-state index contributed by atoms with van der Waals surface area (Å²) in [5.74, 6) is 1.17. The molecule has 5 heterocycles. The van der Waals surface area contributed by atoms with Crippen molar-refractivity contribution in [1.29, 1.82) is 0 Å². The van der Waals surface area contributed by atoms with Crippen molar-refractivity contribution in [2.75, 3.05) is 36.0 Å². The third kappa shape index (κ3) is 3.83. The van der Waals surface area contributed by atoms with Gasteiger partial charge in [0.15, 0.2) is 5.65 Å². The van der Waals surface area contributed by atoms with Crippen LogP contribution in [0.4, 0.5) is 17.3 Å². The predicted molar refractivity (Wildman–Crippen MR) is 125 cm³/mol. The Morgan fingerprint density at radius 3 is 2.50 bits per heavy atom. The topological polar surface area (TPSA) is 128 Å². The first kappa shape index (κ1) is 21.5. The van der Waals surface area contributed by atoms with Gasteiger partial charge in [0.25, 0.3) is 0 Å². The van der Waals surface area contributed by atoms with Crippen molar-refractivity contribution in [2.45, 2.75) is 13.8 Å². The van der Waals surface area contributed by atoms with E-state index in [1.54, 1.807) is 17.9 Å². The third-order valence-electron chi connectivity index (χ3n) is 5.78. The zero-order valence-electron chi connectivity index (χ0n) is 19.0. The molecule has 34 heavy (non-hydrogen) atoms. The molecule has 4 aromatic rings. The number of hydrogen-bond acceptors (Lipinski definition) is 10. The summed E-state index contributed by atoms with van der Waals surface area (Å²) >= 11 is 0. The summed E-state index contributed by atoms with van der Waals surface area (Å²) in [5, 5.41) is 17.2. The molecule has 0 bridgehead atoms. The molecule has 0 spiro atoms. The molecule has 1 aliphatic heterocycles. The third-order valence-corrected chi connectivity index (χ3v) is 5.78. The first-order valence-electron chi connectivity index (χ1n) is 10.8. The molecule has 5 rings (SSSR count). The van der Waals surface area contributed by atoms with Gasteiger partial charge in [0.2, 0.25) is 11.7 Å². The maximum atomic E-state index is 12.1. The standard InChI is InChI=1S/C22H23N9O3/c1-14-12-15(2)26-19-17(14)21(27-28(19)3)34-22-18(31(32)33)20(24-13-25-22)30-10-8-29(9-11-30)16-6-4-5-7-23-16/h4-7,12-13H,8-11H2,1-3H3. The fraction of sp³-hybridized carbons (Fsp3) is 0.318. The van der Waals surface area contributed by atoms with E-state index < -0.39 is 4.92 Å². The molecular formula is C22H23N9O3. The van der Waals surface area contributed by atoms with Crippen LogP contribution in [0.3, 0.4) is 0 Å². The van der Waals surface area contributed by atoms with Crippen molar-refractivity contribution < 1.29 is 9.66 Å². The van der Waals surface area contributed by atoms with Crippen LogP contribution in [0.25, 0.3) is 11.0 Å². The Bertz CT molecular complexity index is 1370. The van der Waals surface area contributed by atoms with E-state index in [0.717, 1.165) is 17.1 Å². The monoisotopic (exact) mass is 461 g/mol. The SMILES string of the molecule is Cc1cc(C)c2c(Oc3ncnc(N4CCN(c5ccccn5)CC4)c3[N+](=O)[O-])nn(C)c2n1. The number of rotatable bonds is 5. The molecule has 0 aliphatic carbocycles. The summed E-state index contributed by atoms with van der Waals surface area (Å²) in [7, 11) is 1.75. The lowest BCUT2D eigenvalue weighted by atomic mass is 10.2. The zero-order valence-corrected chi connectivity index (χ0v) is 19.0. The number of fused-ring (bicyclic) bond motifs is 1. The van der Waals surface area contributed by atoms with Gasteiger partial charge in [-0.1, -0.05) is 6.07 Å². The predicted octanol–water partition coefficient (Wildman–Crippen LogP) is 2.80. The summed E-state index contributed by atoms with van der Waals surface area (Å²) < 4.78 is 7.53. The fourth-order valence-corrected chi connectivity index (χ4v) is 4.22. The van der Waals surface area contributed by atoms with Crippen LogP contribution in [-0.4, -0.2) is 60.8 Å². The van der Waals surface area contributed by atoms with Gasteiger partial charge in [-0.3, -0.25) is 10.1 Å². The molecule has 174 valence electrons. The largest absolute Gasteiger partial charge is 0.412 e. The van der Waals surface area contributed by atoms with Crippen molar-refractivity contribution in [1.82, 2.24) is 29.7 Å². The van der Waals surface area contributed by atoms with Gasteiger partial charge < -0.3 is 14.5 Å². The normalized spacial score (nSPS) is 14.0. The van der Waals surface area contributed by atoms with Crippen LogP contribution in [0.5, 0.6) is 11.8 Å². The van der Waals surface area contributed by atoms with E-state index in [1.165, 1.54) is 6.33 Å². The Labute approximate surface area is 195 Å². The Balaban J connectivity index is 1.46. The van der Waals surface area contributed by atoms with Crippen molar-refractivity contribution in [3.63, 3.8) is 0 Å². The van der Waals surface area contributed by atoms with E-state index in [0.29, 0.717) is 37.2 Å². The van der Waals surface area contributed by atoms with Crippen molar-refractivity contribution in [3.8, 4) is 11.8 Å². The zero-order chi connectivity index (χ0) is 23.8. The molecular weight excluding hydrogens is 438 g/mol. The maximum Gasteiger partial charge on any atom is 0.373 e. The van der Waals surface area contributed by atoms with Crippen LogP contribution in [0.15, 0.2) is 36.8 Å². The number of pyridine rings is 2. The van der Waals surface area contributed by atoms with E-state index >= 15 is 0 Å². The Morgan fingerprint density at radius 1 is 1.03 bits per heavy atom. The summed E-state index contributed by atoms with van der Waals surface area (Å²) in [6.45, 7) is 6.22. The molecule has 0 atom stereocenters. The number of ether oxygens (including phenoxy) is 1. The molecule has 1 fully saturated rings. The highest BCUT2D eigenvalue weighted by Crippen LogP contribution is 2.38. The lowest BCUT2D eigenvalue weighted by Crippen LogP contribution is -2.47. The van der Waals surface area contributed by atoms with Crippen LogP contribution in [0.2, 0.25) is 0 Å². The molecule has 0 unspecified atom stereocenters. The summed E-state index contributed by atoms with van der Waals surface area (Å²) in [6, 6.07) is 7.67. The molecule has 0 saturated carbocycles. The molecule has 1 saturated heterocycles. The quantitative estimate of drug-likeness (QED) is 0.323. The van der Waals surface area contributed by atoms with E-state index in [2.05, 4.69) is 29.9 Å². The van der Waals surface area contributed by atoms with E-state index in [4.69, 9.17) is 4.74 Å².